The molecule has 11 heavy (non-hydrogen) atoms. The molecule has 0 aromatic rings. The van der Waals surface area contributed by atoms with E-state index in [1.807, 2.05) is 6.92 Å². The Bertz CT molecular complexity index is 33.3. The molecular formula is C9H18BrMg-. The van der Waals surface area contributed by atoms with Crippen molar-refractivity contribution < 1.29 is 17.0 Å². The summed E-state index contributed by atoms with van der Waals surface area (Å²) in [5.74, 6) is 0. The van der Waals surface area contributed by atoms with Crippen LogP contribution in [0, 0.1) is 13.3 Å². The van der Waals surface area contributed by atoms with E-state index in [9.17, 15) is 0 Å². The van der Waals surface area contributed by atoms with Gasteiger partial charge in [-0.1, -0.05) is 26.2 Å². The number of rotatable bonds is 0. The van der Waals surface area contributed by atoms with E-state index < -0.39 is 0 Å². The van der Waals surface area contributed by atoms with Gasteiger partial charge in [-0.2, -0.15) is 19.3 Å². The standard InChI is InChI=1S/C6H11.C3H7.BrH.Mg/c1-2-4-6-5-3-1;1-3-2;;/h1H,2-6H2;1,3H2,2H3;1H;/q2*-1;;+2/p-1. The van der Waals surface area contributed by atoms with Crippen LogP contribution in [0.4, 0.5) is 0 Å². The van der Waals surface area contributed by atoms with Crippen LogP contribution in [-0.2, 0) is 0 Å². The van der Waals surface area contributed by atoms with Gasteiger partial charge in [0.05, 0.1) is 0 Å². The Hall–Kier alpha value is 1.25. The summed E-state index contributed by atoms with van der Waals surface area (Å²) >= 11 is 0. The van der Waals surface area contributed by atoms with Crippen LogP contribution in [0.5, 0.6) is 0 Å². The van der Waals surface area contributed by atoms with Gasteiger partial charge in [0.15, 0.2) is 0 Å². The van der Waals surface area contributed by atoms with E-state index in [-0.39, 0.29) is 40.0 Å². The fraction of sp³-hybridized carbons (Fsp3) is 0.778. The number of hydrogen-bond donors (Lipinski definition) is 0. The topological polar surface area (TPSA) is 0 Å². The van der Waals surface area contributed by atoms with Crippen molar-refractivity contribution in [2.75, 3.05) is 0 Å². The summed E-state index contributed by atoms with van der Waals surface area (Å²) in [6.07, 6.45) is 10.5. The Labute approximate surface area is 98.4 Å². The Morgan fingerprint density at radius 1 is 1.18 bits per heavy atom. The third kappa shape index (κ3) is 18.3. The SMILES string of the molecule is [Br-].[CH-]1CCCCC1.[CH2-]CC.[Mg+2]. The average Bonchev–Trinajstić information content (AvgIpc) is 1.93. The summed E-state index contributed by atoms with van der Waals surface area (Å²) in [6, 6.07) is 0. The fourth-order valence-corrected chi connectivity index (χ4v) is 0.898. The summed E-state index contributed by atoms with van der Waals surface area (Å²) in [7, 11) is 0. The summed E-state index contributed by atoms with van der Waals surface area (Å²) in [5, 5.41) is 0. The van der Waals surface area contributed by atoms with Crippen molar-refractivity contribution in [1.29, 1.82) is 0 Å². The van der Waals surface area contributed by atoms with Gasteiger partial charge in [-0.05, 0) is 0 Å². The van der Waals surface area contributed by atoms with Crippen molar-refractivity contribution in [2.24, 2.45) is 0 Å². The van der Waals surface area contributed by atoms with E-state index in [0.717, 1.165) is 6.42 Å². The van der Waals surface area contributed by atoms with Crippen LogP contribution in [0.2, 0.25) is 0 Å². The molecule has 1 aliphatic rings. The molecule has 0 saturated heterocycles. The van der Waals surface area contributed by atoms with Crippen molar-refractivity contribution in [3.63, 3.8) is 0 Å². The molecule has 0 aromatic carbocycles. The molecule has 0 aliphatic heterocycles. The second-order valence-corrected chi connectivity index (χ2v) is 2.43. The van der Waals surface area contributed by atoms with Crippen molar-refractivity contribution in [3.8, 4) is 0 Å². The molecule has 0 aromatic heterocycles. The van der Waals surface area contributed by atoms with Gasteiger partial charge in [0.2, 0.25) is 0 Å². The van der Waals surface area contributed by atoms with Crippen LogP contribution in [0.15, 0.2) is 0 Å². The van der Waals surface area contributed by atoms with E-state index in [1.54, 1.807) is 0 Å². The second-order valence-electron chi connectivity index (χ2n) is 2.43. The van der Waals surface area contributed by atoms with Crippen LogP contribution >= 0.6 is 0 Å². The molecule has 0 amide bonds. The average molecular weight is 230 g/mol. The molecule has 1 aliphatic carbocycles. The fourth-order valence-electron chi connectivity index (χ4n) is 0.898. The molecule has 0 atom stereocenters. The van der Waals surface area contributed by atoms with Crippen LogP contribution in [-0.4, -0.2) is 23.1 Å². The zero-order chi connectivity index (χ0) is 6.95. The first kappa shape index (κ1) is 18.1. The summed E-state index contributed by atoms with van der Waals surface area (Å²) < 4.78 is 0. The van der Waals surface area contributed by atoms with Crippen molar-refractivity contribution in [3.05, 3.63) is 13.3 Å². The molecule has 0 radical (unpaired) electrons. The Morgan fingerprint density at radius 3 is 1.64 bits per heavy atom. The largest absolute Gasteiger partial charge is 2.00 e. The van der Waals surface area contributed by atoms with E-state index in [4.69, 9.17) is 0 Å². The first-order valence-corrected chi connectivity index (χ1v) is 4.02. The van der Waals surface area contributed by atoms with E-state index in [0.29, 0.717) is 0 Å². The maximum Gasteiger partial charge on any atom is 2.00 e. The molecule has 0 nitrogen and oxygen atoms in total. The molecular weight excluding hydrogens is 212 g/mol. The van der Waals surface area contributed by atoms with Gasteiger partial charge in [0.1, 0.15) is 0 Å². The summed E-state index contributed by atoms with van der Waals surface area (Å²) in [5.41, 5.74) is 0. The molecule has 64 valence electrons. The second kappa shape index (κ2) is 17.4. The van der Waals surface area contributed by atoms with Gasteiger partial charge < -0.3 is 30.3 Å². The Morgan fingerprint density at radius 2 is 1.55 bits per heavy atom. The van der Waals surface area contributed by atoms with Gasteiger partial charge in [-0.3, -0.25) is 0 Å². The maximum absolute atomic E-state index is 3.49. The van der Waals surface area contributed by atoms with Gasteiger partial charge >= 0.3 is 23.1 Å². The van der Waals surface area contributed by atoms with E-state index in [2.05, 4.69) is 13.3 Å². The minimum Gasteiger partial charge on any atom is -1.00 e. The van der Waals surface area contributed by atoms with Crippen LogP contribution in [0.3, 0.4) is 0 Å². The van der Waals surface area contributed by atoms with Crippen LogP contribution < -0.4 is 17.0 Å². The van der Waals surface area contributed by atoms with E-state index >= 15 is 0 Å². The third-order valence-electron chi connectivity index (χ3n) is 1.32. The zero-order valence-electron chi connectivity index (χ0n) is 7.61. The molecule has 1 rings (SSSR count). The minimum absolute atomic E-state index is 0. The molecule has 0 spiro atoms. The number of hydrogen-bond acceptors (Lipinski definition) is 0. The zero-order valence-corrected chi connectivity index (χ0v) is 10.6. The quantitative estimate of drug-likeness (QED) is 0.406. The molecule has 0 N–H and O–H groups in total. The first-order chi connectivity index (χ1) is 4.41. The summed E-state index contributed by atoms with van der Waals surface area (Å²) in [4.78, 5) is 0. The van der Waals surface area contributed by atoms with Gasteiger partial charge in [0.25, 0.3) is 0 Å². The van der Waals surface area contributed by atoms with Crippen molar-refractivity contribution >= 4 is 23.1 Å². The number of halogens is 1. The molecule has 0 unspecified atom stereocenters. The van der Waals surface area contributed by atoms with Crippen LogP contribution in [0.1, 0.15) is 45.4 Å². The molecule has 0 bridgehead atoms. The molecule has 1 saturated carbocycles. The Balaban J connectivity index is -0.000000116. The van der Waals surface area contributed by atoms with Crippen molar-refractivity contribution in [2.45, 2.75) is 45.4 Å². The summed E-state index contributed by atoms with van der Waals surface area (Å²) in [6.45, 7) is 5.50. The maximum atomic E-state index is 3.49. The molecule has 2 heteroatoms. The van der Waals surface area contributed by atoms with Gasteiger partial charge in [0, 0.05) is 0 Å². The monoisotopic (exact) mass is 229 g/mol. The molecule has 1 fully saturated rings. The Kier molecular flexibility index (Phi) is 28.6. The van der Waals surface area contributed by atoms with Crippen molar-refractivity contribution in [1.82, 2.24) is 0 Å². The molecule has 0 heterocycles. The normalized spacial score (nSPS) is 14.7. The smallest absolute Gasteiger partial charge is 1.00 e. The predicted molar refractivity (Wildman–Crippen MR) is 48.8 cm³/mol. The van der Waals surface area contributed by atoms with Crippen LogP contribution in [0.25, 0.3) is 0 Å². The van der Waals surface area contributed by atoms with E-state index in [1.165, 1.54) is 32.1 Å². The predicted octanol–water partition coefficient (Wildman–Crippen LogP) is 0.00848. The van der Waals surface area contributed by atoms with Gasteiger partial charge in [-0.25, -0.2) is 0 Å². The third-order valence-corrected chi connectivity index (χ3v) is 1.32. The first-order valence-electron chi connectivity index (χ1n) is 4.02. The minimum atomic E-state index is 0. The van der Waals surface area contributed by atoms with Gasteiger partial charge in [-0.15, -0.1) is 0 Å².